The molecule has 2 aromatic carbocycles. The molecule has 0 unspecified atom stereocenters. The third kappa shape index (κ3) is 4.73. The van der Waals surface area contributed by atoms with Gasteiger partial charge in [0.25, 0.3) is 0 Å². The Kier molecular flexibility index (Phi) is 6.01. The van der Waals surface area contributed by atoms with Crippen molar-refractivity contribution in [3.05, 3.63) is 77.3 Å². The summed E-state index contributed by atoms with van der Waals surface area (Å²) in [6.07, 6.45) is 4.91. The van der Waals surface area contributed by atoms with Crippen LogP contribution in [0, 0.1) is 0 Å². The Balaban J connectivity index is 2.16. The Hall–Kier alpha value is -2.52. The van der Waals surface area contributed by atoms with Gasteiger partial charge in [0, 0.05) is 10.6 Å². The number of halogens is 1. The molecule has 0 bridgehead atoms. The monoisotopic (exact) mass is 328 g/mol. The average molecular weight is 329 g/mol. The summed E-state index contributed by atoms with van der Waals surface area (Å²) in [7, 11) is 1.58. The molecule has 0 fully saturated rings. The minimum Gasteiger partial charge on any atom is -0.493 e. The van der Waals surface area contributed by atoms with Crippen LogP contribution in [0.1, 0.15) is 15.9 Å². The number of hydrogen-bond donors (Lipinski definition) is 0. The molecule has 0 N–H and O–H groups in total. The Bertz CT molecular complexity index is 718. The van der Waals surface area contributed by atoms with E-state index in [-0.39, 0.29) is 5.78 Å². The first-order chi connectivity index (χ1) is 11.1. The van der Waals surface area contributed by atoms with E-state index in [4.69, 9.17) is 21.1 Å². The lowest BCUT2D eigenvalue weighted by Crippen LogP contribution is -1.97. The molecule has 3 nitrogen and oxygen atoms in total. The fourth-order valence-corrected chi connectivity index (χ4v) is 2.07. The normalized spacial score (nSPS) is 10.5. The van der Waals surface area contributed by atoms with Crippen LogP contribution in [0.25, 0.3) is 6.08 Å². The second-order valence-corrected chi connectivity index (χ2v) is 5.15. The van der Waals surface area contributed by atoms with E-state index >= 15 is 0 Å². The van der Waals surface area contributed by atoms with Gasteiger partial charge in [-0.3, -0.25) is 4.79 Å². The van der Waals surface area contributed by atoms with Crippen LogP contribution in [0.15, 0.2) is 61.2 Å². The second kappa shape index (κ2) is 8.20. The summed E-state index contributed by atoms with van der Waals surface area (Å²) in [6, 6.07) is 12.2. The largest absolute Gasteiger partial charge is 0.493 e. The number of ketones is 1. The van der Waals surface area contributed by atoms with Crippen LogP contribution in [0.5, 0.6) is 11.5 Å². The molecule has 23 heavy (non-hydrogen) atoms. The molecule has 0 spiro atoms. The average Bonchev–Trinajstić information content (AvgIpc) is 2.58. The van der Waals surface area contributed by atoms with Gasteiger partial charge in [0.05, 0.1) is 7.11 Å². The molecule has 0 aliphatic heterocycles. The van der Waals surface area contributed by atoms with Gasteiger partial charge in [-0.05, 0) is 48.0 Å². The van der Waals surface area contributed by atoms with Gasteiger partial charge in [0.2, 0.25) is 0 Å². The SMILES string of the molecule is C=CCOc1cc(/C=C/C(=O)c2ccc(Cl)cc2)ccc1OC. The van der Waals surface area contributed by atoms with Crippen molar-refractivity contribution >= 4 is 23.5 Å². The van der Waals surface area contributed by atoms with Crippen molar-refractivity contribution in [3.8, 4) is 11.5 Å². The molecule has 0 saturated heterocycles. The topological polar surface area (TPSA) is 35.5 Å². The molecule has 0 atom stereocenters. The Morgan fingerprint density at radius 2 is 1.91 bits per heavy atom. The lowest BCUT2D eigenvalue weighted by Gasteiger charge is -2.09. The molecule has 0 heterocycles. The van der Waals surface area contributed by atoms with Crippen LogP contribution in [0.3, 0.4) is 0 Å². The quantitative estimate of drug-likeness (QED) is 0.415. The highest BCUT2D eigenvalue weighted by Crippen LogP contribution is 2.28. The minimum atomic E-state index is -0.0916. The van der Waals surface area contributed by atoms with Crippen LogP contribution in [0.4, 0.5) is 0 Å². The van der Waals surface area contributed by atoms with Gasteiger partial charge < -0.3 is 9.47 Å². The Labute approximate surface area is 140 Å². The predicted octanol–water partition coefficient (Wildman–Crippen LogP) is 4.81. The molecule has 118 valence electrons. The maximum atomic E-state index is 12.1. The van der Waals surface area contributed by atoms with Crippen molar-refractivity contribution in [1.29, 1.82) is 0 Å². The number of methoxy groups -OCH3 is 1. The summed E-state index contributed by atoms with van der Waals surface area (Å²) < 4.78 is 10.8. The van der Waals surface area contributed by atoms with Gasteiger partial charge in [-0.25, -0.2) is 0 Å². The van der Waals surface area contributed by atoms with Crippen molar-refractivity contribution in [2.24, 2.45) is 0 Å². The summed E-state index contributed by atoms with van der Waals surface area (Å²) in [5.74, 6) is 1.15. The maximum absolute atomic E-state index is 12.1. The van der Waals surface area contributed by atoms with Crippen molar-refractivity contribution in [3.63, 3.8) is 0 Å². The zero-order chi connectivity index (χ0) is 16.7. The molecular formula is C19H17ClO3. The van der Waals surface area contributed by atoms with Gasteiger partial charge in [-0.2, -0.15) is 0 Å². The number of rotatable bonds is 7. The zero-order valence-corrected chi connectivity index (χ0v) is 13.5. The molecule has 0 saturated carbocycles. The number of allylic oxidation sites excluding steroid dienone is 1. The van der Waals surface area contributed by atoms with E-state index in [9.17, 15) is 4.79 Å². The summed E-state index contributed by atoms with van der Waals surface area (Å²) in [4.78, 5) is 12.1. The van der Waals surface area contributed by atoms with Crippen molar-refractivity contribution in [2.75, 3.05) is 13.7 Å². The molecule has 0 radical (unpaired) electrons. The first kappa shape index (κ1) is 16.8. The Morgan fingerprint density at radius 1 is 1.17 bits per heavy atom. The van der Waals surface area contributed by atoms with E-state index in [1.807, 2.05) is 12.1 Å². The highest BCUT2D eigenvalue weighted by molar-refractivity contribution is 6.30. The minimum absolute atomic E-state index is 0.0916. The standard InChI is InChI=1S/C19H17ClO3/c1-3-12-23-19-13-14(5-11-18(19)22-2)4-10-17(21)15-6-8-16(20)9-7-15/h3-11,13H,1,12H2,2H3/b10-4+. The number of carbonyl (C=O) groups excluding carboxylic acids is 1. The maximum Gasteiger partial charge on any atom is 0.185 e. The van der Waals surface area contributed by atoms with E-state index in [0.717, 1.165) is 5.56 Å². The molecule has 0 aromatic heterocycles. The first-order valence-corrected chi connectivity index (χ1v) is 7.41. The summed E-state index contributed by atoms with van der Waals surface area (Å²) in [5, 5.41) is 0.602. The number of carbonyl (C=O) groups is 1. The summed E-state index contributed by atoms with van der Waals surface area (Å²) in [6.45, 7) is 4.00. The summed E-state index contributed by atoms with van der Waals surface area (Å²) in [5.41, 5.74) is 1.43. The van der Waals surface area contributed by atoms with Crippen LogP contribution in [-0.4, -0.2) is 19.5 Å². The molecule has 4 heteroatoms. The highest BCUT2D eigenvalue weighted by atomic mass is 35.5. The third-order valence-corrected chi connectivity index (χ3v) is 3.35. The smallest absolute Gasteiger partial charge is 0.185 e. The van der Waals surface area contributed by atoms with Gasteiger partial charge >= 0.3 is 0 Å². The lowest BCUT2D eigenvalue weighted by molar-refractivity contribution is 0.104. The molecule has 0 aliphatic rings. The molecule has 2 aromatic rings. The van der Waals surface area contributed by atoms with E-state index in [2.05, 4.69) is 6.58 Å². The third-order valence-electron chi connectivity index (χ3n) is 3.10. The van der Waals surface area contributed by atoms with Crippen molar-refractivity contribution < 1.29 is 14.3 Å². The van der Waals surface area contributed by atoms with Crippen molar-refractivity contribution in [1.82, 2.24) is 0 Å². The highest BCUT2D eigenvalue weighted by Gasteiger charge is 2.05. The van der Waals surface area contributed by atoms with Crippen LogP contribution >= 0.6 is 11.6 Å². The van der Waals surface area contributed by atoms with Gasteiger partial charge in [0.1, 0.15) is 6.61 Å². The molecule has 2 rings (SSSR count). The predicted molar refractivity (Wildman–Crippen MR) is 93.5 cm³/mol. The van der Waals surface area contributed by atoms with E-state index in [1.54, 1.807) is 49.6 Å². The zero-order valence-electron chi connectivity index (χ0n) is 12.8. The van der Waals surface area contributed by atoms with Crippen LogP contribution in [0.2, 0.25) is 5.02 Å². The molecule has 0 amide bonds. The molecular weight excluding hydrogens is 312 g/mol. The van der Waals surface area contributed by atoms with Gasteiger partial charge in [-0.15, -0.1) is 0 Å². The number of ether oxygens (including phenoxy) is 2. The number of benzene rings is 2. The summed E-state index contributed by atoms with van der Waals surface area (Å²) >= 11 is 5.81. The Morgan fingerprint density at radius 3 is 2.57 bits per heavy atom. The van der Waals surface area contributed by atoms with Crippen LogP contribution in [-0.2, 0) is 0 Å². The van der Waals surface area contributed by atoms with E-state index < -0.39 is 0 Å². The first-order valence-electron chi connectivity index (χ1n) is 7.03. The van der Waals surface area contributed by atoms with Gasteiger partial charge in [-0.1, -0.05) is 36.4 Å². The van der Waals surface area contributed by atoms with E-state index in [1.165, 1.54) is 6.08 Å². The fraction of sp³-hybridized carbons (Fsp3) is 0.105. The lowest BCUT2D eigenvalue weighted by atomic mass is 10.1. The number of hydrogen-bond acceptors (Lipinski definition) is 3. The van der Waals surface area contributed by atoms with Gasteiger partial charge in [0.15, 0.2) is 17.3 Å². The second-order valence-electron chi connectivity index (χ2n) is 4.71. The van der Waals surface area contributed by atoms with Crippen molar-refractivity contribution in [2.45, 2.75) is 0 Å². The fourth-order valence-electron chi connectivity index (χ4n) is 1.94. The van der Waals surface area contributed by atoms with E-state index in [0.29, 0.717) is 28.7 Å². The molecule has 0 aliphatic carbocycles. The van der Waals surface area contributed by atoms with Crippen LogP contribution < -0.4 is 9.47 Å².